The van der Waals surface area contributed by atoms with Crippen molar-refractivity contribution in [1.82, 2.24) is 5.32 Å². The zero-order chi connectivity index (χ0) is 14.4. The first-order valence-corrected chi connectivity index (χ1v) is 7.37. The summed E-state index contributed by atoms with van der Waals surface area (Å²) in [7, 11) is 0. The van der Waals surface area contributed by atoms with Crippen LogP contribution < -0.4 is 10.1 Å². The van der Waals surface area contributed by atoms with Crippen LogP contribution in [0.15, 0.2) is 53.0 Å². The molecule has 1 atom stereocenters. The van der Waals surface area contributed by atoms with Crippen molar-refractivity contribution in [2.24, 2.45) is 0 Å². The molecule has 106 valence electrons. The van der Waals surface area contributed by atoms with Gasteiger partial charge in [-0.3, -0.25) is 0 Å². The van der Waals surface area contributed by atoms with Crippen LogP contribution in [0.3, 0.4) is 0 Å². The Morgan fingerprint density at radius 3 is 2.60 bits per heavy atom. The fourth-order valence-electron chi connectivity index (χ4n) is 1.89. The number of likely N-dealkylation sites (N-methyl/N-ethyl adjacent to an activating group) is 1. The van der Waals surface area contributed by atoms with Gasteiger partial charge in [0.15, 0.2) is 0 Å². The maximum Gasteiger partial charge on any atom is 0.141 e. The van der Waals surface area contributed by atoms with Crippen LogP contribution in [0.2, 0.25) is 0 Å². The standard InChI is InChI=1S/C16H17BrFNO/c1-2-19-11-16(12-6-4-3-5-7-12)20-13-8-9-14(17)15(18)10-13/h3-10,16,19H,2,11H2,1H3. The number of hydrogen-bond donors (Lipinski definition) is 1. The highest BCUT2D eigenvalue weighted by molar-refractivity contribution is 9.10. The van der Waals surface area contributed by atoms with Gasteiger partial charge in [0, 0.05) is 12.6 Å². The van der Waals surface area contributed by atoms with Crippen molar-refractivity contribution in [2.45, 2.75) is 13.0 Å². The van der Waals surface area contributed by atoms with Crippen LogP contribution in [-0.2, 0) is 0 Å². The molecule has 0 aliphatic heterocycles. The highest BCUT2D eigenvalue weighted by atomic mass is 79.9. The molecule has 0 radical (unpaired) electrons. The summed E-state index contributed by atoms with van der Waals surface area (Å²) in [6.45, 7) is 3.58. The van der Waals surface area contributed by atoms with Crippen LogP contribution in [0.5, 0.6) is 5.75 Å². The number of hydrogen-bond acceptors (Lipinski definition) is 2. The van der Waals surface area contributed by atoms with Crippen molar-refractivity contribution < 1.29 is 9.13 Å². The van der Waals surface area contributed by atoms with Crippen molar-refractivity contribution in [3.8, 4) is 5.75 Å². The molecule has 0 aliphatic carbocycles. The average molecular weight is 338 g/mol. The van der Waals surface area contributed by atoms with E-state index in [0.29, 0.717) is 16.8 Å². The quantitative estimate of drug-likeness (QED) is 0.847. The van der Waals surface area contributed by atoms with Gasteiger partial charge in [0.1, 0.15) is 17.7 Å². The summed E-state index contributed by atoms with van der Waals surface area (Å²) in [4.78, 5) is 0. The average Bonchev–Trinajstić information content (AvgIpc) is 2.48. The summed E-state index contributed by atoms with van der Waals surface area (Å²) in [5, 5.41) is 3.27. The predicted molar refractivity (Wildman–Crippen MR) is 82.5 cm³/mol. The van der Waals surface area contributed by atoms with Crippen LogP contribution >= 0.6 is 15.9 Å². The first-order chi connectivity index (χ1) is 9.70. The van der Waals surface area contributed by atoms with Gasteiger partial charge < -0.3 is 10.1 Å². The summed E-state index contributed by atoms with van der Waals surface area (Å²) in [5.74, 6) is 0.204. The molecule has 0 saturated carbocycles. The van der Waals surface area contributed by atoms with E-state index in [1.165, 1.54) is 6.07 Å². The Kier molecular flexibility index (Phi) is 5.56. The highest BCUT2D eigenvalue weighted by Crippen LogP contribution is 2.25. The normalized spacial score (nSPS) is 12.2. The molecule has 2 rings (SSSR count). The zero-order valence-electron chi connectivity index (χ0n) is 11.3. The number of benzene rings is 2. The summed E-state index contributed by atoms with van der Waals surface area (Å²) < 4.78 is 19.9. The summed E-state index contributed by atoms with van der Waals surface area (Å²) in [5.41, 5.74) is 1.07. The van der Waals surface area contributed by atoms with Crippen LogP contribution in [0, 0.1) is 5.82 Å². The molecule has 0 heterocycles. The fourth-order valence-corrected chi connectivity index (χ4v) is 2.13. The Hall–Kier alpha value is -1.39. The molecule has 0 fully saturated rings. The summed E-state index contributed by atoms with van der Waals surface area (Å²) in [6.07, 6.45) is -0.142. The van der Waals surface area contributed by atoms with Gasteiger partial charge in [-0.05, 0) is 40.2 Å². The van der Waals surface area contributed by atoms with E-state index in [0.717, 1.165) is 12.1 Å². The first-order valence-electron chi connectivity index (χ1n) is 6.58. The molecule has 0 aromatic heterocycles. The maximum atomic E-state index is 13.5. The number of nitrogens with one attached hydrogen (secondary N) is 1. The lowest BCUT2D eigenvalue weighted by molar-refractivity contribution is 0.202. The molecular formula is C16H17BrFNO. The lowest BCUT2D eigenvalue weighted by Gasteiger charge is -2.20. The molecular weight excluding hydrogens is 321 g/mol. The van der Waals surface area contributed by atoms with E-state index in [1.807, 2.05) is 37.3 Å². The second kappa shape index (κ2) is 7.41. The number of halogens is 2. The molecule has 1 unspecified atom stereocenters. The SMILES string of the molecule is CCNCC(Oc1ccc(Br)c(F)c1)c1ccccc1. The third-order valence-corrected chi connectivity index (χ3v) is 3.56. The van der Waals surface area contributed by atoms with Crippen LogP contribution in [0.4, 0.5) is 4.39 Å². The van der Waals surface area contributed by atoms with E-state index in [4.69, 9.17) is 4.74 Å². The Morgan fingerprint density at radius 1 is 1.20 bits per heavy atom. The minimum atomic E-state index is -0.322. The highest BCUT2D eigenvalue weighted by Gasteiger charge is 2.13. The molecule has 0 aliphatic rings. The lowest BCUT2D eigenvalue weighted by Crippen LogP contribution is -2.24. The molecule has 4 heteroatoms. The van der Waals surface area contributed by atoms with E-state index in [-0.39, 0.29) is 11.9 Å². The van der Waals surface area contributed by atoms with Crippen molar-refractivity contribution >= 4 is 15.9 Å². The number of ether oxygens (including phenoxy) is 1. The van der Waals surface area contributed by atoms with Crippen LogP contribution in [0.25, 0.3) is 0 Å². The predicted octanol–water partition coefficient (Wildman–Crippen LogP) is 4.32. The monoisotopic (exact) mass is 337 g/mol. The number of rotatable bonds is 6. The largest absolute Gasteiger partial charge is 0.484 e. The lowest BCUT2D eigenvalue weighted by atomic mass is 10.1. The van der Waals surface area contributed by atoms with Gasteiger partial charge in [-0.1, -0.05) is 37.3 Å². The fraction of sp³-hybridized carbons (Fsp3) is 0.250. The van der Waals surface area contributed by atoms with Crippen molar-refractivity contribution in [3.63, 3.8) is 0 Å². The van der Waals surface area contributed by atoms with Gasteiger partial charge in [-0.2, -0.15) is 0 Å². The van der Waals surface area contributed by atoms with E-state index in [2.05, 4.69) is 21.2 Å². The summed E-state index contributed by atoms with van der Waals surface area (Å²) >= 11 is 3.14. The van der Waals surface area contributed by atoms with Crippen molar-refractivity contribution in [2.75, 3.05) is 13.1 Å². The minimum absolute atomic E-state index is 0.142. The Labute approximate surface area is 127 Å². The molecule has 2 aromatic carbocycles. The van der Waals surface area contributed by atoms with E-state index in [9.17, 15) is 4.39 Å². The second-order valence-corrected chi connectivity index (χ2v) is 5.26. The van der Waals surface area contributed by atoms with E-state index in [1.54, 1.807) is 12.1 Å². The van der Waals surface area contributed by atoms with Gasteiger partial charge in [-0.15, -0.1) is 0 Å². The minimum Gasteiger partial charge on any atom is -0.484 e. The van der Waals surface area contributed by atoms with Crippen molar-refractivity contribution in [1.29, 1.82) is 0 Å². The third-order valence-electron chi connectivity index (χ3n) is 2.92. The molecule has 1 N–H and O–H groups in total. The zero-order valence-corrected chi connectivity index (χ0v) is 12.9. The third kappa shape index (κ3) is 4.05. The molecule has 0 spiro atoms. The van der Waals surface area contributed by atoms with Crippen molar-refractivity contribution in [3.05, 3.63) is 64.4 Å². The smallest absolute Gasteiger partial charge is 0.141 e. The molecule has 0 amide bonds. The van der Waals surface area contributed by atoms with Crippen LogP contribution in [-0.4, -0.2) is 13.1 Å². The van der Waals surface area contributed by atoms with E-state index >= 15 is 0 Å². The second-order valence-electron chi connectivity index (χ2n) is 4.40. The Balaban J connectivity index is 2.17. The first kappa shape index (κ1) is 15.0. The van der Waals surface area contributed by atoms with Gasteiger partial charge in [0.05, 0.1) is 4.47 Å². The maximum absolute atomic E-state index is 13.5. The Bertz CT molecular complexity index is 547. The molecule has 0 saturated heterocycles. The summed E-state index contributed by atoms with van der Waals surface area (Å²) in [6, 6.07) is 14.7. The van der Waals surface area contributed by atoms with Crippen LogP contribution in [0.1, 0.15) is 18.6 Å². The molecule has 20 heavy (non-hydrogen) atoms. The molecule has 2 nitrogen and oxygen atoms in total. The Morgan fingerprint density at radius 2 is 1.95 bits per heavy atom. The van der Waals surface area contributed by atoms with Gasteiger partial charge >= 0.3 is 0 Å². The molecule has 0 bridgehead atoms. The van der Waals surface area contributed by atoms with Gasteiger partial charge in [0.2, 0.25) is 0 Å². The molecule has 2 aromatic rings. The van der Waals surface area contributed by atoms with Gasteiger partial charge in [-0.25, -0.2) is 4.39 Å². The van der Waals surface area contributed by atoms with Gasteiger partial charge in [0.25, 0.3) is 0 Å². The van der Waals surface area contributed by atoms with E-state index < -0.39 is 0 Å². The topological polar surface area (TPSA) is 21.3 Å².